The zero-order valence-corrected chi connectivity index (χ0v) is 10.4. The topological polar surface area (TPSA) is 78.4 Å². The molecule has 3 N–H and O–H groups in total. The van der Waals surface area contributed by atoms with Crippen molar-refractivity contribution in [1.29, 1.82) is 0 Å². The largest absolute Gasteiger partial charge is 0.479 e. The first-order valence-electron chi connectivity index (χ1n) is 5.90. The van der Waals surface area contributed by atoms with Crippen LogP contribution >= 0.6 is 0 Å². The molecule has 2 amide bonds. The predicted molar refractivity (Wildman–Crippen MR) is 71.4 cm³/mol. The van der Waals surface area contributed by atoms with Crippen molar-refractivity contribution in [3.8, 4) is 12.3 Å². The molecule has 0 aliphatic carbocycles. The van der Waals surface area contributed by atoms with E-state index in [-0.39, 0.29) is 0 Å². The van der Waals surface area contributed by atoms with Crippen LogP contribution in [0, 0.1) is 12.3 Å². The molecular formula is C14H16N2O3. The first-order chi connectivity index (χ1) is 9.15. The molecule has 5 heteroatoms. The lowest BCUT2D eigenvalue weighted by Crippen LogP contribution is -2.41. The zero-order chi connectivity index (χ0) is 14.1. The summed E-state index contributed by atoms with van der Waals surface area (Å²) in [6.45, 7) is 0.414. The van der Waals surface area contributed by atoms with Gasteiger partial charge in [-0.05, 0) is 12.0 Å². The van der Waals surface area contributed by atoms with Gasteiger partial charge in [-0.15, -0.1) is 12.3 Å². The summed E-state index contributed by atoms with van der Waals surface area (Å²) in [6.07, 6.45) is 6.32. The van der Waals surface area contributed by atoms with Crippen molar-refractivity contribution in [2.75, 3.05) is 6.54 Å². The van der Waals surface area contributed by atoms with E-state index < -0.39 is 18.0 Å². The number of nitrogens with one attached hydrogen (secondary N) is 2. The second-order valence-electron chi connectivity index (χ2n) is 3.89. The number of carbonyl (C=O) groups excluding carboxylic acids is 1. The maximum absolute atomic E-state index is 11.6. The van der Waals surface area contributed by atoms with E-state index in [2.05, 4.69) is 16.6 Å². The second kappa shape index (κ2) is 7.77. The Morgan fingerprint density at radius 3 is 2.58 bits per heavy atom. The number of unbranched alkanes of at least 4 members (excludes halogenated alkanes) is 1. The fourth-order valence-corrected chi connectivity index (χ4v) is 1.51. The van der Waals surface area contributed by atoms with Gasteiger partial charge in [-0.2, -0.15) is 0 Å². The number of carboxylic acids is 1. The lowest BCUT2D eigenvalue weighted by Gasteiger charge is -2.15. The highest BCUT2D eigenvalue weighted by molar-refractivity contribution is 5.83. The molecule has 0 saturated heterocycles. The third kappa shape index (κ3) is 5.13. The highest BCUT2D eigenvalue weighted by Gasteiger charge is 2.21. The quantitative estimate of drug-likeness (QED) is 0.536. The van der Waals surface area contributed by atoms with Crippen LogP contribution in [-0.4, -0.2) is 23.7 Å². The van der Waals surface area contributed by atoms with Crippen molar-refractivity contribution in [3.63, 3.8) is 0 Å². The van der Waals surface area contributed by atoms with Crippen LogP contribution in [0.4, 0.5) is 4.79 Å². The second-order valence-corrected chi connectivity index (χ2v) is 3.89. The Balaban J connectivity index is 2.53. The molecule has 0 unspecified atom stereocenters. The van der Waals surface area contributed by atoms with Crippen LogP contribution in [0.5, 0.6) is 0 Å². The number of rotatable bonds is 6. The van der Waals surface area contributed by atoms with Crippen LogP contribution in [0.1, 0.15) is 24.4 Å². The molecule has 1 atom stereocenters. The Hall–Kier alpha value is -2.48. The molecule has 1 rings (SSSR count). The SMILES string of the molecule is C#CCCCNC(=O)N[C@H](C(=O)O)c1ccccc1. The number of benzene rings is 1. The van der Waals surface area contributed by atoms with Gasteiger partial charge in [0, 0.05) is 13.0 Å². The molecule has 19 heavy (non-hydrogen) atoms. The van der Waals surface area contributed by atoms with Crippen molar-refractivity contribution in [3.05, 3.63) is 35.9 Å². The highest BCUT2D eigenvalue weighted by atomic mass is 16.4. The molecule has 0 aromatic heterocycles. The van der Waals surface area contributed by atoms with Crippen LogP contribution in [0.15, 0.2) is 30.3 Å². The zero-order valence-electron chi connectivity index (χ0n) is 10.4. The van der Waals surface area contributed by atoms with Crippen LogP contribution < -0.4 is 10.6 Å². The number of amides is 2. The van der Waals surface area contributed by atoms with E-state index >= 15 is 0 Å². The standard InChI is InChI=1S/C14H16N2O3/c1-2-3-7-10-15-14(19)16-12(13(17)18)11-8-5-4-6-9-11/h1,4-6,8-9,12H,3,7,10H2,(H,17,18)(H2,15,16,19)/t12-/m0/s1. The maximum Gasteiger partial charge on any atom is 0.330 e. The van der Waals surface area contributed by atoms with E-state index in [0.717, 1.165) is 0 Å². The molecule has 1 aromatic rings. The molecule has 5 nitrogen and oxygen atoms in total. The van der Waals surface area contributed by atoms with Gasteiger partial charge < -0.3 is 15.7 Å². The van der Waals surface area contributed by atoms with E-state index in [1.54, 1.807) is 30.3 Å². The first-order valence-corrected chi connectivity index (χ1v) is 5.90. The molecule has 0 fully saturated rings. The monoisotopic (exact) mass is 260 g/mol. The minimum absolute atomic E-state index is 0.414. The fourth-order valence-electron chi connectivity index (χ4n) is 1.51. The predicted octanol–water partition coefficient (Wildman–Crippen LogP) is 1.52. The molecule has 0 saturated carbocycles. The molecule has 100 valence electrons. The fraction of sp³-hybridized carbons (Fsp3) is 0.286. The molecule has 0 aliphatic rings. The van der Waals surface area contributed by atoms with Gasteiger partial charge in [0.05, 0.1) is 0 Å². The summed E-state index contributed by atoms with van der Waals surface area (Å²) < 4.78 is 0. The van der Waals surface area contributed by atoms with Crippen molar-refractivity contribution >= 4 is 12.0 Å². The van der Waals surface area contributed by atoms with E-state index in [1.807, 2.05) is 0 Å². The molecule has 0 heterocycles. The summed E-state index contributed by atoms with van der Waals surface area (Å²) >= 11 is 0. The molecule has 1 aromatic carbocycles. The van der Waals surface area contributed by atoms with E-state index in [9.17, 15) is 9.59 Å². The summed E-state index contributed by atoms with van der Waals surface area (Å²) in [5.74, 6) is 1.35. The summed E-state index contributed by atoms with van der Waals surface area (Å²) in [6, 6.07) is 6.94. The molecule has 0 radical (unpaired) electrons. The van der Waals surface area contributed by atoms with E-state index in [0.29, 0.717) is 24.9 Å². The van der Waals surface area contributed by atoms with Crippen LogP contribution in [0.3, 0.4) is 0 Å². The Kier molecular flexibility index (Phi) is 5.96. The summed E-state index contributed by atoms with van der Waals surface area (Å²) in [7, 11) is 0. The van der Waals surface area contributed by atoms with Crippen LogP contribution in [0.25, 0.3) is 0 Å². The number of hydrogen-bond donors (Lipinski definition) is 3. The average molecular weight is 260 g/mol. The summed E-state index contributed by atoms with van der Waals surface area (Å²) in [5, 5.41) is 14.1. The van der Waals surface area contributed by atoms with E-state index in [1.165, 1.54) is 0 Å². The third-order valence-corrected chi connectivity index (χ3v) is 2.44. The van der Waals surface area contributed by atoms with Crippen molar-refractivity contribution < 1.29 is 14.7 Å². The molecule has 0 spiro atoms. The number of terminal acetylenes is 1. The smallest absolute Gasteiger partial charge is 0.330 e. The first kappa shape index (κ1) is 14.6. The Bertz CT molecular complexity index is 465. The number of aliphatic carboxylic acids is 1. The summed E-state index contributed by atoms with van der Waals surface area (Å²) in [5.41, 5.74) is 0.522. The Morgan fingerprint density at radius 2 is 2.00 bits per heavy atom. The number of urea groups is 1. The number of carboxylic acid groups (broad SMARTS) is 1. The summed E-state index contributed by atoms with van der Waals surface area (Å²) in [4.78, 5) is 22.7. The van der Waals surface area contributed by atoms with Gasteiger partial charge >= 0.3 is 12.0 Å². The van der Waals surface area contributed by atoms with Crippen LogP contribution in [0.2, 0.25) is 0 Å². The van der Waals surface area contributed by atoms with Gasteiger partial charge in [-0.1, -0.05) is 30.3 Å². The van der Waals surface area contributed by atoms with E-state index in [4.69, 9.17) is 11.5 Å². The highest BCUT2D eigenvalue weighted by Crippen LogP contribution is 2.12. The van der Waals surface area contributed by atoms with Gasteiger partial charge in [0.1, 0.15) is 0 Å². The molecular weight excluding hydrogens is 244 g/mol. The lowest BCUT2D eigenvalue weighted by molar-refractivity contribution is -0.139. The van der Waals surface area contributed by atoms with Gasteiger partial charge in [0.2, 0.25) is 0 Å². The Labute approximate surface area is 112 Å². The third-order valence-electron chi connectivity index (χ3n) is 2.44. The minimum atomic E-state index is -1.11. The van der Waals surface area contributed by atoms with Gasteiger partial charge in [-0.3, -0.25) is 0 Å². The minimum Gasteiger partial charge on any atom is -0.479 e. The maximum atomic E-state index is 11.6. The average Bonchev–Trinajstić information content (AvgIpc) is 2.41. The van der Waals surface area contributed by atoms with Gasteiger partial charge in [0.25, 0.3) is 0 Å². The van der Waals surface area contributed by atoms with Crippen molar-refractivity contribution in [1.82, 2.24) is 10.6 Å². The van der Waals surface area contributed by atoms with Crippen molar-refractivity contribution in [2.45, 2.75) is 18.9 Å². The number of hydrogen-bond acceptors (Lipinski definition) is 2. The number of carbonyl (C=O) groups is 2. The van der Waals surface area contributed by atoms with Crippen LogP contribution in [-0.2, 0) is 4.79 Å². The van der Waals surface area contributed by atoms with Gasteiger partial charge in [0.15, 0.2) is 6.04 Å². The van der Waals surface area contributed by atoms with Gasteiger partial charge in [-0.25, -0.2) is 9.59 Å². The molecule has 0 aliphatic heterocycles. The lowest BCUT2D eigenvalue weighted by atomic mass is 10.1. The normalized spacial score (nSPS) is 11.1. The Morgan fingerprint density at radius 1 is 1.32 bits per heavy atom. The van der Waals surface area contributed by atoms with Crippen molar-refractivity contribution in [2.24, 2.45) is 0 Å². The molecule has 0 bridgehead atoms.